The Balaban J connectivity index is 2.91. The molecule has 0 aliphatic rings. The SMILES string of the molecule is CCC(C#N)CNc1c(C)cc(OC)cc1OC. The molecule has 0 radical (unpaired) electrons. The van der Waals surface area contributed by atoms with E-state index in [1.165, 1.54) is 0 Å². The van der Waals surface area contributed by atoms with Gasteiger partial charge >= 0.3 is 0 Å². The van der Waals surface area contributed by atoms with Gasteiger partial charge in [-0.1, -0.05) is 6.92 Å². The molecule has 1 atom stereocenters. The van der Waals surface area contributed by atoms with Gasteiger partial charge in [0.25, 0.3) is 0 Å². The second-order valence-corrected chi connectivity index (χ2v) is 4.14. The summed E-state index contributed by atoms with van der Waals surface area (Å²) in [4.78, 5) is 0. The molecular formula is C14H20N2O2. The minimum atomic E-state index is 0.0104. The van der Waals surface area contributed by atoms with Crippen molar-refractivity contribution < 1.29 is 9.47 Å². The number of nitrogens with zero attached hydrogens (tertiary/aromatic N) is 1. The van der Waals surface area contributed by atoms with Gasteiger partial charge in [-0.25, -0.2) is 0 Å². The molecule has 1 unspecified atom stereocenters. The molecule has 0 spiro atoms. The molecule has 0 saturated heterocycles. The third-order valence-electron chi connectivity index (χ3n) is 2.93. The summed E-state index contributed by atoms with van der Waals surface area (Å²) in [6.45, 7) is 4.62. The van der Waals surface area contributed by atoms with Gasteiger partial charge in [0.05, 0.1) is 31.9 Å². The van der Waals surface area contributed by atoms with E-state index in [-0.39, 0.29) is 5.92 Å². The highest BCUT2D eigenvalue weighted by Gasteiger charge is 2.11. The van der Waals surface area contributed by atoms with Crippen molar-refractivity contribution in [3.05, 3.63) is 17.7 Å². The number of ether oxygens (including phenoxy) is 2. The molecule has 0 saturated carbocycles. The second-order valence-electron chi connectivity index (χ2n) is 4.14. The van der Waals surface area contributed by atoms with Crippen LogP contribution in [0.2, 0.25) is 0 Å². The molecule has 4 nitrogen and oxygen atoms in total. The molecule has 1 N–H and O–H groups in total. The summed E-state index contributed by atoms with van der Waals surface area (Å²) in [6, 6.07) is 6.05. The Morgan fingerprint density at radius 2 is 2.06 bits per heavy atom. The Kier molecular flexibility index (Phi) is 5.31. The number of methoxy groups -OCH3 is 2. The fourth-order valence-electron chi connectivity index (χ4n) is 1.73. The number of hydrogen-bond donors (Lipinski definition) is 1. The number of nitriles is 1. The average molecular weight is 248 g/mol. The molecule has 0 aliphatic heterocycles. The van der Waals surface area contributed by atoms with Crippen molar-refractivity contribution in [2.45, 2.75) is 20.3 Å². The van der Waals surface area contributed by atoms with Crippen molar-refractivity contribution in [3.63, 3.8) is 0 Å². The molecule has 0 heterocycles. The Bertz CT molecular complexity index is 438. The van der Waals surface area contributed by atoms with Gasteiger partial charge in [-0.05, 0) is 25.0 Å². The van der Waals surface area contributed by atoms with E-state index in [9.17, 15) is 0 Å². The van der Waals surface area contributed by atoms with Gasteiger partial charge in [-0.3, -0.25) is 0 Å². The fourth-order valence-corrected chi connectivity index (χ4v) is 1.73. The van der Waals surface area contributed by atoms with Gasteiger partial charge in [0.2, 0.25) is 0 Å². The normalized spacial score (nSPS) is 11.5. The number of hydrogen-bond acceptors (Lipinski definition) is 4. The zero-order valence-corrected chi connectivity index (χ0v) is 11.4. The van der Waals surface area contributed by atoms with Crippen LogP contribution in [0.5, 0.6) is 11.5 Å². The molecule has 0 amide bonds. The van der Waals surface area contributed by atoms with E-state index in [1.807, 2.05) is 26.0 Å². The molecule has 1 rings (SSSR count). The minimum absolute atomic E-state index is 0.0104. The maximum atomic E-state index is 8.94. The molecular weight excluding hydrogens is 228 g/mol. The van der Waals surface area contributed by atoms with E-state index in [2.05, 4.69) is 11.4 Å². The standard InChI is InChI=1S/C14H20N2O2/c1-5-11(8-15)9-16-14-10(2)6-12(17-3)7-13(14)18-4/h6-7,11,16H,5,9H2,1-4H3. The quantitative estimate of drug-likeness (QED) is 0.841. The Hall–Kier alpha value is -1.89. The lowest BCUT2D eigenvalue weighted by molar-refractivity contribution is 0.395. The van der Waals surface area contributed by atoms with E-state index < -0.39 is 0 Å². The van der Waals surface area contributed by atoms with Crippen molar-refractivity contribution in [1.29, 1.82) is 5.26 Å². The highest BCUT2D eigenvalue weighted by atomic mass is 16.5. The molecule has 98 valence electrons. The van der Waals surface area contributed by atoms with Crippen LogP contribution in [-0.2, 0) is 0 Å². The highest BCUT2D eigenvalue weighted by molar-refractivity contribution is 5.64. The summed E-state index contributed by atoms with van der Waals surface area (Å²) in [5, 5.41) is 12.2. The van der Waals surface area contributed by atoms with Crippen LogP contribution < -0.4 is 14.8 Å². The van der Waals surface area contributed by atoms with Gasteiger partial charge < -0.3 is 14.8 Å². The highest BCUT2D eigenvalue weighted by Crippen LogP contribution is 2.33. The topological polar surface area (TPSA) is 54.3 Å². The molecule has 0 bridgehead atoms. The molecule has 4 heteroatoms. The van der Waals surface area contributed by atoms with E-state index >= 15 is 0 Å². The zero-order valence-electron chi connectivity index (χ0n) is 11.4. The summed E-state index contributed by atoms with van der Waals surface area (Å²) in [5.41, 5.74) is 1.96. The third-order valence-corrected chi connectivity index (χ3v) is 2.93. The van der Waals surface area contributed by atoms with Gasteiger partial charge in [0.15, 0.2) is 0 Å². The Labute approximate surface area is 109 Å². The van der Waals surface area contributed by atoms with Crippen LogP contribution in [0.3, 0.4) is 0 Å². The first-order chi connectivity index (χ1) is 8.65. The lowest BCUT2D eigenvalue weighted by Gasteiger charge is -2.16. The van der Waals surface area contributed by atoms with Gasteiger partial charge in [0.1, 0.15) is 11.5 Å². The van der Waals surface area contributed by atoms with Crippen LogP contribution in [0.15, 0.2) is 12.1 Å². The number of benzene rings is 1. The maximum Gasteiger partial charge on any atom is 0.145 e. The van der Waals surface area contributed by atoms with E-state index in [0.29, 0.717) is 6.54 Å². The lowest BCUT2D eigenvalue weighted by Crippen LogP contribution is -2.13. The lowest BCUT2D eigenvalue weighted by atomic mass is 10.1. The molecule has 18 heavy (non-hydrogen) atoms. The van der Waals surface area contributed by atoms with E-state index in [1.54, 1.807) is 14.2 Å². The number of rotatable bonds is 6. The van der Waals surface area contributed by atoms with Gasteiger partial charge in [-0.15, -0.1) is 0 Å². The predicted molar refractivity (Wildman–Crippen MR) is 72.2 cm³/mol. The summed E-state index contributed by atoms with van der Waals surface area (Å²) < 4.78 is 10.5. The van der Waals surface area contributed by atoms with Gasteiger partial charge in [0, 0.05) is 12.6 Å². The number of nitrogens with one attached hydrogen (secondary N) is 1. The second kappa shape index (κ2) is 6.75. The van der Waals surface area contributed by atoms with Crippen molar-refractivity contribution in [2.24, 2.45) is 5.92 Å². The number of aryl methyl sites for hydroxylation is 1. The van der Waals surface area contributed by atoms with Crippen molar-refractivity contribution in [1.82, 2.24) is 0 Å². The first-order valence-electron chi connectivity index (χ1n) is 6.02. The largest absolute Gasteiger partial charge is 0.497 e. The third kappa shape index (κ3) is 3.30. The number of anilines is 1. The maximum absolute atomic E-state index is 8.94. The Morgan fingerprint density at radius 1 is 1.33 bits per heavy atom. The summed E-state index contributed by atoms with van der Waals surface area (Å²) >= 11 is 0. The fraction of sp³-hybridized carbons (Fsp3) is 0.500. The van der Waals surface area contributed by atoms with Crippen LogP contribution in [0.1, 0.15) is 18.9 Å². The minimum Gasteiger partial charge on any atom is -0.497 e. The summed E-state index contributed by atoms with van der Waals surface area (Å²) in [6.07, 6.45) is 0.834. The molecule has 1 aromatic rings. The summed E-state index contributed by atoms with van der Waals surface area (Å²) in [7, 11) is 3.26. The van der Waals surface area contributed by atoms with E-state index in [0.717, 1.165) is 29.2 Å². The van der Waals surface area contributed by atoms with Crippen LogP contribution in [0.25, 0.3) is 0 Å². The monoisotopic (exact) mass is 248 g/mol. The van der Waals surface area contributed by atoms with E-state index in [4.69, 9.17) is 14.7 Å². The van der Waals surface area contributed by atoms with Crippen LogP contribution >= 0.6 is 0 Å². The molecule has 0 fully saturated rings. The smallest absolute Gasteiger partial charge is 0.145 e. The van der Waals surface area contributed by atoms with Crippen LogP contribution in [0.4, 0.5) is 5.69 Å². The van der Waals surface area contributed by atoms with Crippen molar-refractivity contribution >= 4 is 5.69 Å². The van der Waals surface area contributed by atoms with Crippen molar-refractivity contribution in [2.75, 3.05) is 26.1 Å². The molecule has 1 aromatic carbocycles. The first kappa shape index (κ1) is 14.2. The van der Waals surface area contributed by atoms with Gasteiger partial charge in [-0.2, -0.15) is 5.26 Å². The molecule has 0 aromatic heterocycles. The van der Waals surface area contributed by atoms with Crippen LogP contribution in [0, 0.1) is 24.2 Å². The zero-order chi connectivity index (χ0) is 13.5. The van der Waals surface area contributed by atoms with Crippen LogP contribution in [-0.4, -0.2) is 20.8 Å². The first-order valence-corrected chi connectivity index (χ1v) is 6.02. The predicted octanol–water partition coefficient (Wildman–Crippen LogP) is 2.97. The average Bonchev–Trinajstić information content (AvgIpc) is 2.40. The van der Waals surface area contributed by atoms with Crippen molar-refractivity contribution in [3.8, 4) is 17.6 Å². The summed E-state index contributed by atoms with van der Waals surface area (Å²) in [5.74, 6) is 1.51. The molecule has 0 aliphatic carbocycles. The Morgan fingerprint density at radius 3 is 2.56 bits per heavy atom.